The maximum Gasteiger partial charge on any atom is 0.314 e. The van der Waals surface area contributed by atoms with Gasteiger partial charge in [0.25, 0.3) is 0 Å². The molecule has 4 nitrogen and oxygen atoms in total. The molecule has 2 aliphatic carbocycles. The molecule has 0 aromatic rings. The number of carbonyl (C=O) groups excluding carboxylic acids is 1. The lowest BCUT2D eigenvalue weighted by Crippen LogP contribution is -2.41. The van der Waals surface area contributed by atoms with Gasteiger partial charge in [0.1, 0.15) is 0 Å². The van der Waals surface area contributed by atoms with E-state index in [0.29, 0.717) is 23.8 Å². The van der Waals surface area contributed by atoms with E-state index >= 15 is 0 Å². The van der Waals surface area contributed by atoms with Crippen molar-refractivity contribution in [3.8, 4) is 0 Å². The van der Waals surface area contributed by atoms with Gasteiger partial charge in [-0.2, -0.15) is 0 Å². The minimum absolute atomic E-state index is 0.0416. The van der Waals surface area contributed by atoms with Crippen LogP contribution in [-0.4, -0.2) is 30.3 Å². The molecule has 2 saturated carbocycles. The molecule has 0 aromatic carbocycles. The Morgan fingerprint density at radius 2 is 2.05 bits per heavy atom. The molecule has 0 saturated heterocycles. The van der Waals surface area contributed by atoms with Crippen LogP contribution in [0.1, 0.15) is 58.8 Å². The van der Waals surface area contributed by atoms with E-state index in [4.69, 9.17) is 0 Å². The van der Waals surface area contributed by atoms with Gasteiger partial charge < -0.3 is 15.7 Å². The fourth-order valence-corrected chi connectivity index (χ4v) is 3.51. The fourth-order valence-electron chi connectivity index (χ4n) is 3.51. The first-order chi connectivity index (χ1) is 9.49. The summed E-state index contributed by atoms with van der Waals surface area (Å²) in [5.41, 5.74) is 0.381. The second-order valence-corrected chi connectivity index (χ2v) is 7.35. The van der Waals surface area contributed by atoms with E-state index in [0.717, 1.165) is 32.2 Å². The number of aliphatic hydroxyl groups excluding tert-OH is 1. The molecule has 4 heteroatoms. The van der Waals surface area contributed by atoms with Crippen molar-refractivity contribution in [2.24, 2.45) is 17.3 Å². The molecule has 3 N–H and O–H groups in total. The van der Waals surface area contributed by atoms with E-state index in [1.807, 2.05) is 0 Å². The lowest BCUT2D eigenvalue weighted by molar-refractivity contribution is 0.101. The maximum absolute atomic E-state index is 11.8. The standard InChI is InChI=1S/C16H30N2O2/c1-12(2)9-16(6-7-16)11-18-15(20)17-10-13-4-3-5-14(19)8-13/h12-14,19H,3-11H2,1-2H3,(H2,17,18,20). The molecule has 2 fully saturated rings. The van der Waals surface area contributed by atoms with Crippen molar-refractivity contribution in [1.82, 2.24) is 10.6 Å². The molecule has 20 heavy (non-hydrogen) atoms. The molecule has 2 rings (SSSR count). The molecule has 2 aliphatic rings. The third kappa shape index (κ3) is 4.97. The fraction of sp³-hybridized carbons (Fsp3) is 0.938. The zero-order chi connectivity index (χ0) is 14.6. The average Bonchev–Trinajstić information content (AvgIpc) is 3.13. The Labute approximate surface area is 122 Å². The number of carbonyl (C=O) groups is 1. The largest absolute Gasteiger partial charge is 0.393 e. The van der Waals surface area contributed by atoms with Gasteiger partial charge in [-0.15, -0.1) is 0 Å². The Morgan fingerprint density at radius 3 is 2.65 bits per heavy atom. The Morgan fingerprint density at radius 1 is 1.30 bits per heavy atom. The molecule has 0 heterocycles. The third-order valence-electron chi connectivity index (χ3n) is 4.73. The summed E-state index contributed by atoms with van der Waals surface area (Å²) in [7, 11) is 0. The SMILES string of the molecule is CC(C)CC1(CNC(=O)NCC2CCCC(O)C2)CC1. The zero-order valence-electron chi connectivity index (χ0n) is 13.0. The first-order valence-corrected chi connectivity index (χ1v) is 8.19. The Bertz CT molecular complexity index is 326. The topological polar surface area (TPSA) is 61.4 Å². The normalized spacial score (nSPS) is 28.2. The van der Waals surface area contributed by atoms with Crippen LogP contribution >= 0.6 is 0 Å². The van der Waals surface area contributed by atoms with Crippen LogP contribution in [0.3, 0.4) is 0 Å². The van der Waals surface area contributed by atoms with Crippen LogP contribution in [0.25, 0.3) is 0 Å². The Hall–Kier alpha value is -0.770. The summed E-state index contributed by atoms with van der Waals surface area (Å²) in [4.78, 5) is 11.8. The van der Waals surface area contributed by atoms with Crippen LogP contribution in [0.15, 0.2) is 0 Å². The first-order valence-electron chi connectivity index (χ1n) is 8.19. The number of aliphatic hydroxyl groups is 1. The van der Waals surface area contributed by atoms with Gasteiger partial charge in [0.2, 0.25) is 0 Å². The lowest BCUT2D eigenvalue weighted by atomic mass is 9.87. The van der Waals surface area contributed by atoms with Crippen LogP contribution in [0.2, 0.25) is 0 Å². The average molecular weight is 282 g/mol. The van der Waals surface area contributed by atoms with Gasteiger partial charge in [0.15, 0.2) is 0 Å². The molecule has 2 atom stereocenters. The van der Waals surface area contributed by atoms with Crippen molar-refractivity contribution in [1.29, 1.82) is 0 Å². The summed E-state index contributed by atoms with van der Waals surface area (Å²) in [5.74, 6) is 1.14. The number of amides is 2. The van der Waals surface area contributed by atoms with Crippen molar-refractivity contribution in [3.63, 3.8) is 0 Å². The summed E-state index contributed by atoms with van der Waals surface area (Å²) in [6.45, 7) is 5.99. The van der Waals surface area contributed by atoms with Crippen LogP contribution in [0, 0.1) is 17.3 Å². The molecular weight excluding hydrogens is 252 g/mol. The Kier molecular flexibility index (Phi) is 5.30. The van der Waals surface area contributed by atoms with E-state index in [9.17, 15) is 9.90 Å². The van der Waals surface area contributed by atoms with Crippen LogP contribution in [0.5, 0.6) is 0 Å². The van der Waals surface area contributed by atoms with Gasteiger partial charge in [0, 0.05) is 13.1 Å². The van der Waals surface area contributed by atoms with E-state index < -0.39 is 0 Å². The molecule has 2 unspecified atom stereocenters. The van der Waals surface area contributed by atoms with Crippen molar-refractivity contribution >= 4 is 6.03 Å². The van der Waals surface area contributed by atoms with Gasteiger partial charge in [0.05, 0.1) is 6.10 Å². The predicted molar refractivity (Wildman–Crippen MR) is 80.5 cm³/mol. The molecule has 0 bridgehead atoms. The molecule has 0 spiro atoms. The summed E-state index contributed by atoms with van der Waals surface area (Å²) in [6.07, 6.45) is 7.49. The highest BCUT2D eigenvalue weighted by atomic mass is 16.3. The van der Waals surface area contributed by atoms with Crippen molar-refractivity contribution < 1.29 is 9.90 Å². The predicted octanol–water partition coefficient (Wildman–Crippen LogP) is 2.66. The highest BCUT2D eigenvalue weighted by molar-refractivity contribution is 5.73. The Balaban J connectivity index is 1.61. The maximum atomic E-state index is 11.8. The van der Waals surface area contributed by atoms with E-state index in [2.05, 4.69) is 24.5 Å². The molecular formula is C16H30N2O2. The number of nitrogens with one attached hydrogen (secondary N) is 2. The lowest BCUT2D eigenvalue weighted by Gasteiger charge is -2.26. The highest BCUT2D eigenvalue weighted by Crippen LogP contribution is 2.49. The van der Waals surface area contributed by atoms with Gasteiger partial charge >= 0.3 is 6.03 Å². The summed E-state index contributed by atoms with van der Waals surface area (Å²) in [6, 6.07) is -0.0416. The smallest absolute Gasteiger partial charge is 0.314 e. The number of rotatable bonds is 6. The molecule has 0 aromatic heterocycles. The third-order valence-corrected chi connectivity index (χ3v) is 4.73. The molecule has 0 radical (unpaired) electrons. The van der Waals surface area contributed by atoms with E-state index in [1.54, 1.807) is 0 Å². The second kappa shape index (κ2) is 6.79. The molecule has 2 amide bonds. The van der Waals surface area contributed by atoms with Crippen molar-refractivity contribution in [2.75, 3.05) is 13.1 Å². The van der Waals surface area contributed by atoms with Gasteiger partial charge in [-0.3, -0.25) is 0 Å². The van der Waals surface area contributed by atoms with E-state index in [1.165, 1.54) is 19.3 Å². The minimum atomic E-state index is -0.167. The zero-order valence-corrected chi connectivity index (χ0v) is 13.0. The summed E-state index contributed by atoms with van der Waals surface area (Å²) < 4.78 is 0. The quantitative estimate of drug-likeness (QED) is 0.701. The van der Waals surface area contributed by atoms with Crippen LogP contribution < -0.4 is 10.6 Å². The van der Waals surface area contributed by atoms with Gasteiger partial charge in [-0.1, -0.05) is 20.3 Å². The molecule has 0 aliphatic heterocycles. The number of hydrogen-bond donors (Lipinski definition) is 3. The van der Waals surface area contributed by atoms with Gasteiger partial charge in [-0.05, 0) is 55.8 Å². The second-order valence-electron chi connectivity index (χ2n) is 7.35. The summed E-state index contributed by atoms with van der Waals surface area (Å²) >= 11 is 0. The van der Waals surface area contributed by atoms with Crippen LogP contribution in [-0.2, 0) is 0 Å². The minimum Gasteiger partial charge on any atom is -0.393 e. The van der Waals surface area contributed by atoms with E-state index in [-0.39, 0.29) is 12.1 Å². The van der Waals surface area contributed by atoms with Crippen LogP contribution in [0.4, 0.5) is 4.79 Å². The molecule has 116 valence electrons. The first kappa shape index (κ1) is 15.6. The monoisotopic (exact) mass is 282 g/mol. The summed E-state index contributed by atoms with van der Waals surface area (Å²) in [5, 5.41) is 15.6. The highest BCUT2D eigenvalue weighted by Gasteiger charge is 2.42. The number of hydrogen-bond acceptors (Lipinski definition) is 2. The van der Waals surface area contributed by atoms with Gasteiger partial charge in [-0.25, -0.2) is 4.79 Å². The number of urea groups is 1. The van der Waals surface area contributed by atoms with Crippen molar-refractivity contribution in [2.45, 2.75) is 64.9 Å². The van der Waals surface area contributed by atoms with Crippen molar-refractivity contribution in [3.05, 3.63) is 0 Å².